The Kier molecular flexibility index (Phi) is 6.96. The predicted molar refractivity (Wildman–Crippen MR) is 216 cm³/mol. The van der Waals surface area contributed by atoms with Gasteiger partial charge >= 0.3 is 0 Å². The Morgan fingerprint density at radius 1 is 0.640 bits per heavy atom. The van der Waals surface area contributed by atoms with Crippen LogP contribution in [0.2, 0.25) is 0 Å². The average Bonchev–Trinajstić information content (AvgIpc) is 3.63. The molecule has 6 aromatic rings. The first kappa shape index (κ1) is 30.0. The first-order valence-electron chi connectivity index (χ1n) is 18.5. The molecule has 4 aliphatic rings. The highest BCUT2D eigenvalue weighted by Gasteiger charge is 2.36. The molecule has 3 heteroatoms. The summed E-state index contributed by atoms with van der Waals surface area (Å²) in [4.78, 5) is 5.08. The van der Waals surface area contributed by atoms with E-state index in [-0.39, 0.29) is 5.41 Å². The summed E-state index contributed by atoms with van der Waals surface area (Å²) in [5.74, 6) is 0. The van der Waals surface area contributed by atoms with Crippen molar-refractivity contribution in [1.29, 1.82) is 0 Å². The van der Waals surface area contributed by atoms with Crippen LogP contribution in [0.25, 0.3) is 43.5 Å². The van der Waals surface area contributed by atoms with Crippen LogP contribution in [0.3, 0.4) is 0 Å². The van der Waals surface area contributed by atoms with Gasteiger partial charge in [0.1, 0.15) is 0 Å². The van der Waals surface area contributed by atoms with Crippen molar-refractivity contribution in [1.82, 2.24) is 0 Å². The van der Waals surface area contributed by atoms with E-state index in [0.29, 0.717) is 0 Å². The maximum atomic E-state index is 2.57. The van der Waals surface area contributed by atoms with Crippen molar-refractivity contribution in [2.45, 2.75) is 57.8 Å². The smallest absolute Gasteiger partial charge is 0.0443 e. The number of fused-ring (bicyclic) bond motifs is 7. The van der Waals surface area contributed by atoms with Crippen LogP contribution in [0.15, 0.2) is 120 Å². The number of aryl methyl sites for hydroxylation is 1. The molecule has 2 aliphatic carbocycles. The molecule has 2 aliphatic heterocycles. The van der Waals surface area contributed by atoms with Gasteiger partial charge in [-0.1, -0.05) is 80.6 Å². The highest BCUT2D eigenvalue weighted by molar-refractivity contribution is 7.25. The first-order chi connectivity index (χ1) is 24.5. The highest BCUT2D eigenvalue weighted by atomic mass is 32.1. The molecule has 1 aromatic heterocycles. The van der Waals surface area contributed by atoms with Gasteiger partial charge in [0, 0.05) is 61.4 Å². The summed E-state index contributed by atoms with van der Waals surface area (Å²) in [7, 11) is 0. The van der Waals surface area contributed by atoms with Gasteiger partial charge in [0.15, 0.2) is 0 Å². The monoisotopic (exact) mass is 666 g/mol. The van der Waals surface area contributed by atoms with Crippen LogP contribution >= 0.6 is 11.3 Å². The van der Waals surface area contributed by atoms with Crippen LogP contribution < -0.4 is 9.80 Å². The lowest BCUT2D eigenvalue weighted by atomic mass is 9.81. The standard InChI is InChI=1S/C47H42N2S/c1-47(2)41-28-32(17-21-37(41)38-22-19-36(30-42(38)47)49-26-8-12-34-10-4-6-14-44(34)49)16-15-31-18-23-45-39(27-31)40-29-35(20-24-46(40)50-45)48-25-7-11-33-9-3-5-13-43(33)48/h3,5-6,9,13-24,27-30H,4,7-8,10-12,25-26H2,1-2H3/b16-15+. The van der Waals surface area contributed by atoms with Crippen LogP contribution in [0.1, 0.15) is 73.8 Å². The van der Waals surface area contributed by atoms with E-state index in [1.165, 1.54) is 114 Å². The maximum absolute atomic E-state index is 2.57. The molecular weight excluding hydrogens is 625 g/mol. The second-order valence-corrected chi connectivity index (χ2v) is 16.2. The fraction of sp³-hybridized carbons (Fsp3) is 0.234. The Bertz CT molecular complexity index is 2440. The number of rotatable bonds is 4. The Balaban J connectivity index is 0.951. The molecule has 0 bridgehead atoms. The maximum Gasteiger partial charge on any atom is 0.0443 e. The van der Waals surface area contributed by atoms with E-state index in [0.717, 1.165) is 19.5 Å². The minimum absolute atomic E-state index is 0.0546. The molecule has 0 radical (unpaired) electrons. The molecule has 0 saturated heterocycles. The lowest BCUT2D eigenvalue weighted by Gasteiger charge is -2.35. The molecule has 0 unspecified atom stereocenters. The lowest BCUT2D eigenvalue weighted by Crippen LogP contribution is -2.29. The average molecular weight is 667 g/mol. The molecule has 5 aromatic carbocycles. The number of thiophene rings is 1. The van der Waals surface area contributed by atoms with Gasteiger partial charge in [-0.15, -0.1) is 11.3 Å². The normalized spacial score (nSPS) is 17.8. The zero-order chi connectivity index (χ0) is 33.4. The number of benzene rings is 5. The van der Waals surface area contributed by atoms with Gasteiger partial charge in [-0.05, 0) is 138 Å². The molecule has 0 fully saturated rings. The van der Waals surface area contributed by atoms with Crippen molar-refractivity contribution in [2.24, 2.45) is 0 Å². The molecule has 0 atom stereocenters. The third kappa shape index (κ3) is 4.81. The molecule has 0 N–H and O–H groups in total. The summed E-state index contributed by atoms with van der Waals surface area (Å²) in [6, 6.07) is 37.2. The van der Waals surface area contributed by atoms with Gasteiger partial charge in [0.25, 0.3) is 0 Å². The number of para-hydroxylation sites is 1. The Morgan fingerprint density at radius 2 is 1.32 bits per heavy atom. The van der Waals surface area contributed by atoms with Crippen LogP contribution in [0, 0.1) is 0 Å². The van der Waals surface area contributed by atoms with Gasteiger partial charge in [-0.2, -0.15) is 0 Å². The van der Waals surface area contributed by atoms with E-state index in [1.807, 2.05) is 11.3 Å². The van der Waals surface area contributed by atoms with E-state index >= 15 is 0 Å². The number of anilines is 3. The van der Waals surface area contributed by atoms with Crippen molar-refractivity contribution in [3.05, 3.63) is 148 Å². The summed E-state index contributed by atoms with van der Waals surface area (Å²) in [5.41, 5.74) is 16.6. The third-order valence-electron chi connectivity index (χ3n) is 11.8. The minimum Gasteiger partial charge on any atom is -0.342 e. The molecule has 3 heterocycles. The van der Waals surface area contributed by atoms with E-state index in [2.05, 4.69) is 145 Å². The van der Waals surface area contributed by atoms with E-state index < -0.39 is 0 Å². The number of nitrogens with zero attached hydrogens (tertiary/aromatic N) is 2. The summed E-state index contributed by atoms with van der Waals surface area (Å²) in [6.07, 6.45) is 16.6. The van der Waals surface area contributed by atoms with Crippen molar-refractivity contribution < 1.29 is 0 Å². The van der Waals surface area contributed by atoms with Crippen molar-refractivity contribution in [3.8, 4) is 11.1 Å². The van der Waals surface area contributed by atoms with Crippen molar-refractivity contribution >= 4 is 60.7 Å². The molecule has 246 valence electrons. The van der Waals surface area contributed by atoms with E-state index in [1.54, 1.807) is 5.57 Å². The molecule has 10 rings (SSSR count). The molecule has 2 nitrogen and oxygen atoms in total. The zero-order valence-electron chi connectivity index (χ0n) is 29.0. The third-order valence-corrected chi connectivity index (χ3v) is 12.9. The molecule has 0 amide bonds. The Hall–Kier alpha value is -4.86. The summed E-state index contributed by atoms with van der Waals surface area (Å²) < 4.78 is 2.70. The fourth-order valence-corrected chi connectivity index (χ4v) is 10.2. The van der Waals surface area contributed by atoms with Gasteiger partial charge in [-0.3, -0.25) is 0 Å². The number of hydrogen-bond acceptors (Lipinski definition) is 3. The Morgan fingerprint density at radius 3 is 2.22 bits per heavy atom. The van der Waals surface area contributed by atoms with Crippen molar-refractivity contribution in [3.63, 3.8) is 0 Å². The van der Waals surface area contributed by atoms with Crippen LogP contribution in [-0.2, 0) is 11.8 Å². The first-order valence-corrected chi connectivity index (χ1v) is 19.3. The fourth-order valence-electron chi connectivity index (χ4n) is 9.14. The van der Waals surface area contributed by atoms with Gasteiger partial charge < -0.3 is 9.80 Å². The number of allylic oxidation sites excluding steroid dienone is 3. The topological polar surface area (TPSA) is 6.48 Å². The van der Waals surface area contributed by atoms with E-state index in [4.69, 9.17) is 0 Å². The minimum atomic E-state index is -0.0546. The highest BCUT2D eigenvalue weighted by Crippen LogP contribution is 2.51. The van der Waals surface area contributed by atoms with E-state index in [9.17, 15) is 0 Å². The second kappa shape index (κ2) is 11.6. The lowest BCUT2D eigenvalue weighted by molar-refractivity contribution is 0.657. The van der Waals surface area contributed by atoms with Crippen LogP contribution in [0.4, 0.5) is 17.1 Å². The zero-order valence-corrected chi connectivity index (χ0v) is 29.8. The quantitative estimate of drug-likeness (QED) is 0.173. The molecule has 0 saturated carbocycles. The Labute approximate surface area is 299 Å². The SMILES string of the molecule is CC1(C)c2cc(/C=C/c3ccc4sc5ccc(N6CCCc7ccccc76)cc5c4c3)ccc2-c2ccc(N3CCCC4=C3C=CCC4)cc21. The van der Waals surface area contributed by atoms with Crippen molar-refractivity contribution in [2.75, 3.05) is 22.9 Å². The number of hydrogen-bond donors (Lipinski definition) is 0. The van der Waals surface area contributed by atoms with Gasteiger partial charge in [-0.25, -0.2) is 0 Å². The second-order valence-electron chi connectivity index (χ2n) is 15.1. The summed E-state index contributed by atoms with van der Waals surface area (Å²) in [5, 5.41) is 2.70. The predicted octanol–water partition coefficient (Wildman–Crippen LogP) is 12.8. The van der Waals surface area contributed by atoms with Crippen LogP contribution in [0.5, 0.6) is 0 Å². The largest absolute Gasteiger partial charge is 0.342 e. The van der Waals surface area contributed by atoms with Gasteiger partial charge in [0.05, 0.1) is 0 Å². The molecule has 0 spiro atoms. The van der Waals surface area contributed by atoms with Gasteiger partial charge in [0.2, 0.25) is 0 Å². The molecular formula is C47H42N2S. The molecule has 50 heavy (non-hydrogen) atoms. The van der Waals surface area contributed by atoms with Crippen LogP contribution in [-0.4, -0.2) is 13.1 Å². The summed E-state index contributed by atoms with van der Waals surface area (Å²) >= 11 is 1.90. The summed E-state index contributed by atoms with van der Waals surface area (Å²) in [6.45, 7) is 6.98.